The molecule has 2 aliphatic carbocycles. The van der Waals surface area contributed by atoms with Crippen LogP contribution in [0.5, 0.6) is 0 Å². The topological polar surface area (TPSA) is 78.4 Å². The summed E-state index contributed by atoms with van der Waals surface area (Å²) in [5, 5.41) is 15.5. The fraction of sp³-hybridized carbons (Fsp3) is 0.875. The summed E-state index contributed by atoms with van der Waals surface area (Å²) >= 11 is 0. The van der Waals surface area contributed by atoms with Gasteiger partial charge in [0.2, 0.25) is 11.8 Å². The molecule has 2 unspecified atom stereocenters. The second-order valence-corrected chi connectivity index (χ2v) is 6.87. The average molecular weight is 296 g/mol. The summed E-state index contributed by atoms with van der Waals surface area (Å²) in [6, 6.07) is 0.348. The third kappa shape index (κ3) is 4.43. The Labute approximate surface area is 126 Å². The summed E-state index contributed by atoms with van der Waals surface area (Å²) < 4.78 is 0. The smallest absolute Gasteiger partial charge is 0.220 e. The van der Waals surface area contributed by atoms with Gasteiger partial charge >= 0.3 is 0 Å². The maximum absolute atomic E-state index is 12.0. The van der Waals surface area contributed by atoms with E-state index in [1.807, 2.05) is 6.92 Å². The van der Waals surface area contributed by atoms with Gasteiger partial charge in [-0.2, -0.15) is 0 Å². The molecule has 0 aromatic heterocycles. The van der Waals surface area contributed by atoms with Gasteiger partial charge in [0.25, 0.3) is 0 Å². The molecular formula is C16H28N2O3. The molecule has 0 heterocycles. The average Bonchev–Trinajstić information content (AvgIpc) is 3.08. The van der Waals surface area contributed by atoms with Crippen molar-refractivity contribution in [1.82, 2.24) is 10.6 Å². The van der Waals surface area contributed by atoms with E-state index < -0.39 is 0 Å². The molecule has 0 saturated heterocycles. The molecule has 2 fully saturated rings. The van der Waals surface area contributed by atoms with Crippen molar-refractivity contribution >= 4 is 11.8 Å². The van der Waals surface area contributed by atoms with Crippen molar-refractivity contribution in [1.29, 1.82) is 0 Å². The molecule has 2 aliphatic rings. The first-order valence-corrected chi connectivity index (χ1v) is 8.23. The van der Waals surface area contributed by atoms with Crippen LogP contribution in [-0.4, -0.2) is 35.6 Å². The molecule has 5 heteroatoms. The van der Waals surface area contributed by atoms with Gasteiger partial charge in [-0.25, -0.2) is 0 Å². The van der Waals surface area contributed by atoms with E-state index in [1.165, 1.54) is 12.8 Å². The number of carbonyl (C=O) groups is 2. The first-order valence-electron chi connectivity index (χ1n) is 8.23. The molecule has 0 aromatic rings. The predicted molar refractivity (Wildman–Crippen MR) is 80.6 cm³/mol. The summed E-state index contributed by atoms with van der Waals surface area (Å²) in [6.45, 7) is 2.11. The molecule has 5 nitrogen and oxygen atoms in total. The summed E-state index contributed by atoms with van der Waals surface area (Å²) in [7, 11) is 0. The number of aliphatic hydroxyl groups is 1. The van der Waals surface area contributed by atoms with Crippen molar-refractivity contribution in [2.24, 2.45) is 5.41 Å². The van der Waals surface area contributed by atoms with E-state index in [2.05, 4.69) is 10.6 Å². The van der Waals surface area contributed by atoms with Crippen LogP contribution in [0.25, 0.3) is 0 Å². The van der Waals surface area contributed by atoms with Crippen LogP contribution < -0.4 is 10.6 Å². The van der Waals surface area contributed by atoms with Crippen molar-refractivity contribution in [3.8, 4) is 0 Å². The zero-order valence-electron chi connectivity index (χ0n) is 13.0. The van der Waals surface area contributed by atoms with Gasteiger partial charge in [0.1, 0.15) is 0 Å². The zero-order chi connectivity index (χ0) is 15.3. The Balaban J connectivity index is 1.68. The Hall–Kier alpha value is -1.10. The van der Waals surface area contributed by atoms with Crippen LogP contribution in [0.4, 0.5) is 0 Å². The molecule has 3 N–H and O–H groups in total. The van der Waals surface area contributed by atoms with E-state index in [1.54, 1.807) is 0 Å². The molecule has 0 bridgehead atoms. The fourth-order valence-corrected chi connectivity index (χ4v) is 3.53. The standard InChI is InChI=1S/C16H28N2O3/c1-16(11-19)10-4-7-13(16)18-15(21)9-8-14(20)17-12-5-2-3-6-12/h12-13,19H,2-11H2,1H3,(H,17,20)(H,18,21). The van der Waals surface area contributed by atoms with Crippen molar-refractivity contribution in [3.63, 3.8) is 0 Å². The minimum Gasteiger partial charge on any atom is -0.396 e. The Kier molecular flexibility index (Phi) is 5.62. The van der Waals surface area contributed by atoms with Crippen molar-refractivity contribution in [2.75, 3.05) is 6.61 Å². The van der Waals surface area contributed by atoms with Crippen molar-refractivity contribution in [2.45, 2.75) is 76.8 Å². The monoisotopic (exact) mass is 296 g/mol. The van der Waals surface area contributed by atoms with Gasteiger partial charge in [0.15, 0.2) is 0 Å². The van der Waals surface area contributed by atoms with Gasteiger partial charge in [-0.1, -0.05) is 26.2 Å². The second kappa shape index (κ2) is 7.25. The molecule has 21 heavy (non-hydrogen) atoms. The molecule has 0 spiro atoms. The van der Waals surface area contributed by atoms with Gasteiger partial charge < -0.3 is 15.7 Å². The van der Waals surface area contributed by atoms with Crippen LogP contribution in [-0.2, 0) is 9.59 Å². The van der Waals surface area contributed by atoms with E-state index in [9.17, 15) is 14.7 Å². The minimum atomic E-state index is -0.207. The molecule has 2 amide bonds. The molecule has 0 aromatic carbocycles. The van der Waals surface area contributed by atoms with Gasteiger partial charge in [-0.3, -0.25) is 9.59 Å². The van der Waals surface area contributed by atoms with Crippen LogP contribution in [0.15, 0.2) is 0 Å². The van der Waals surface area contributed by atoms with Crippen LogP contribution in [0.2, 0.25) is 0 Å². The van der Waals surface area contributed by atoms with Crippen LogP contribution in [0.3, 0.4) is 0 Å². The number of carbonyl (C=O) groups excluding carboxylic acids is 2. The minimum absolute atomic E-state index is 0.0200. The third-order valence-corrected chi connectivity index (χ3v) is 5.08. The normalized spacial score (nSPS) is 29.5. The lowest BCUT2D eigenvalue weighted by Gasteiger charge is -2.30. The van der Waals surface area contributed by atoms with Crippen LogP contribution in [0.1, 0.15) is 64.7 Å². The summed E-state index contributed by atoms with van der Waals surface area (Å²) in [6.07, 6.45) is 7.88. The lowest BCUT2D eigenvalue weighted by atomic mass is 9.86. The molecule has 2 rings (SSSR count). The van der Waals surface area contributed by atoms with E-state index in [4.69, 9.17) is 0 Å². The number of amides is 2. The lowest BCUT2D eigenvalue weighted by molar-refractivity contribution is -0.127. The van der Waals surface area contributed by atoms with E-state index >= 15 is 0 Å². The molecule has 0 radical (unpaired) electrons. The number of nitrogens with one attached hydrogen (secondary N) is 2. The third-order valence-electron chi connectivity index (χ3n) is 5.08. The van der Waals surface area contributed by atoms with Gasteiger partial charge in [0.05, 0.1) is 6.61 Å². The maximum Gasteiger partial charge on any atom is 0.220 e. The molecule has 2 atom stereocenters. The van der Waals surface area contributed by atoms with Crippen molar-refractivity contribution in [3.05, 3.63) is 0 Å². The number of rotatable bonds is 6. The van der Waals surface area contributed by atoms with E-state index in [0.717, 1.165) is 32.1 Å². The van der Waals surface area contributed by atoms with Crippen LogP contribution in [0, 0.1) is 5.41 Å². The number of hydrogen-bond donors (Lipinski definition) is 3. The quantitative estimate of drug-likeness (QED) is 0.695. The molecule has 120 valence electrons. The van der Waals surface area contributed by atoms with Gasteiger partial charge in [-0.05, 0) is 25.7 Å². The highest BCUT2D eigenvalue weighted by molar-refractivity contribution is 5.84. The molecule has 2 saturated carbocycles. The Morgan fingerprint density at radius 2 is 1.67 bits per heavy atom. The largest absolute Gasteiger partial charge is 0.396 e. The lowest BCUT2D eigenvalue weighted by Crippen LogP contribution is -2.45. The molecule has 0 aliphatic heterocycles. The van der Waals surface area contributed by atoms with Gasteiger partial charge in [0, 0.05) is 30.3 Å². The van der Waals surface area contributed by atoms with Crippen molar-refractivity contribution < 1.29 is 14.7 Å². The number of hydrogen-bond acceptors (Lipinski definition) is 3. The Morgan fingerprint density at radius 3 is 2.29 bits per heavy atom. The summed E-state index contributed by atoms with van der Waals surface area (Å²) in [5.41, 5.74) is -0.207. The first kappa shape index (κ1) is 16.3. The summed E-state index contributed by atoms with van der Waals surface area (Å²) in [5.74, 6) is -0.100. The Bertz CT molecular complexity index is 380. The highest BCUT2D eigenvalue weighted by atomic mass is 16.3. The fourth-order valence-electron chi connectivity index (χ4n) is 3.53. The van der Waals surface area contributed by atoms with Crippen LogP contribution >= 0.6 is 0 Å². The highest BCUT2D eigenvalue weighted by Crippen LogP contribution is 2.37. The van der Waals surface area contributed by atoms with E-state index in [0.29, 0.717) is 6.04 Å². The van der Waals surface area contributed by atoms with E-state index in [-0.39, 0.29) is 42.7 Å². The summed E-state index contributed by atoms with van der Waals surface area (Å²) in [4.78, 5) is 23.8. The maximum atomic E-state index is 12.0. The predicted octanol–water partition coefficient (Wildman–Crippen LogP) is 1.49. The zero-order valence-corrected chi connectivity index (χ0v) is 13.0. The Morgan fingerprint density at radius 1 is 1.05 bits per heavy atom. The number of aliphatic hydroxyl groups excluding tert-OH is 1. The SMILES string of the molecule is CC1(CO)CCCC1NC(=O)CCC(=O)NC1CCCC1. The second-order valence-electron chi connectivity index (χ2n) is 6.87. The molecular weight excluding hydrogens is 268 g/mol. The first-order chi connectivity index (χ1) is 10.0. The highest BCUT2D eigenvalue weighted by Gasteiger charge is 2.38. The van der Waals surface area contributed by atoms with Gasteiger partial charge in [-0.15, -0.1) is 0 Å².